The van der Waals surface area contributed by atoms with Crippen LogP contribution in [-0.2, 0) is 16.4 Å². The number of halogens is 1. The molecule has 0 saturated carbocycles. The zero-order chi connectivity index (χ0) is 21.5. The third-order valence-electron chi connectivity index (χ3n) is 5.44. The predicted molar refractivity (Wildman–Crippen MR) is 116 cm³/mol. The molecular formula is C21H24FN3O3S2. The summed E-state index contributed by atoms with van der Waals surface area (Å²) in [4.78, 5) is 16.5. The van der Waals surface area contributed by atoms with Crippen molar-refractivity contribution in [2.75, 3.05) is 18.1 Å². The van der Waals surface area contributed by atoms with Gasteiger partial charge in [-0.15, -0.1) is 11.3 Å². The zero-order valence-corrected chi connectivity index (χ0v) is 18.6. The van der Waals surface area contributed by atoms with Gasteiger partial charge in [-0.25, -0.2) is 12.8 Å². The number of amides is 1. The molecule has 1 aliphatic heterocycles. The molecule has 0 bridgehead atoms. The molecule has 4 rings (SSSR count). The van der Waals surface area contributed by atoms with Crippen molar-refractivity contribution >= 4 is 37.3 Å². The Morgan fingerprint density at radius 2 is 2.07 bits per heavy atom. The summed E-state index contributed by atoms with van der Waals surface area (Å²) >= 11 is 1.37. The molecule has 1 fully saturated rings. The maximum atomic E-state index is 13.3. The van der Waals surface area contributed by atoms with Crippen molar-refractivity contribution in [2.45, 2.75) is 39.3 Å². The first-order valence-corrected chi connectivity index (χ1v) is 12.6. The summed E-state index contributed by atoms with van der Waals surface area (Å²) < 4.78 is 38.9. The largest absolute Gasteiger partial charge is 0.334 e. The number of thiophene rings is 1. The second-order valence-electron chi connectivity index (χ2n) is 7.75. The first kappa shape index (κ1) is 21.0. The van der Waals surface area contributed by atoms with Crippen LogP contribution in [0.2, 0.25) is 0 Å². The first-order valence-electron chi connectivity index (χ1n) is 10.00. The lowest BCUT2D eigenvalue weighted by Crippen LogP contribution is -2.41. The van der Waals surface area contributed by atoms with Crippen LogP contribution < -0.4 is 0 Å². The molecule has 3 heterocycles. The maximum absolute atomic E-state index is 13.3. The average Bonchev–Trinajstić information content (AvgIpc) is 3.37. The number of rotatable bonds is 6. The van der Waals surface area contributed by atoms with Crippen LogP contribution in [0, 0.1) is 12.7 Å². The molecule has 0 radical (unpaired) electrons. The number of hydrogen-bond donors (Lipinski definition) is 0. The van der Waals surface area contributed by atoms with Gasteiger partial charge in [-0.05, 0) is 43.5 Å². The molecule has 9 heteroatoms. The van der Waals surface area contributed by atoms with E-state index in [4.69, 9.17) is 0 Å². The number of carbonyl (C=O) groups excluding carboxylic acids is 1. The van der Waals surface area contributed by atoms with Crippen molar-refractivity contribution in [2.24, 2.45) is 0 Å². The summed E-state index contributed by atoms with van der Waals surface area (Å²) in [5.74, 6) is -0.216. The Kier molecular flexibility index (Phi) is 5.67. The number of aryl methyl sites for hydroxylation is 1. The lowest BCUT2D eigenvalue weighted by molar-refractivity contribution is 0.0702. The number of nitrogens with zero attached hydrogens (tertiary/aromatic N) is 3. The van der Waals surface area contributed by atoms with Crippen molar-refractivity contribution in [3.05, 3.63) is 52.3 Å². The van der Waals surface area contributed by atoms with Crippen LogP contribution in [0.15, 0.2) is 30.3 Å². The van der Waals surface area contributed by atoms with Crippen LogP contribution in [0.1, 0.15) is 40.7 Å². The molecule has 1 aliphatic rings. The monoisotopic (exact) mass is 449 g/mol. The number of aromatic nitrogens is 2. The highest BCUT2D eigenvalue weighted by Crippen LogP contribution is 2.31. The van der Waals surface area contributed by atoms with Crippen LogP contribution in [0.5, 0.6) is 0 Å². The Morgan fingerprint density at radius 3 is 2.70 bits per heavy atom. The number of carbonyl (C=O) groups is 1. The molecule has 0 aliphatic carbocycles. The van der Waals surface area contributed by atoms with E-state index in [1.54, 1.807) is 17.0 Å². The highest BCUT2D eigenvalue weighted by atomic mass is 32.2. The van der Waals surface area contributed by atoms with Crippen LogP contribution in [0.4, 0.5) is 4.39 Å². The molecule has 0 N–H and O–H groups in total. The number of fused-ring (bicyclic) bond motifs is 1. The van der Waals surface area contributed by atoms with Crippen molar-refractivity contribution in [3.63, 3.8) is 0 Å². The van der Waals surface area contributed by atoms with E-state index in [-0.39, 0.29) is 29.3 Å². The molecule has 0 spiro atoms. The highest BCUT2D eigenvalue weighted by Gasteiger charge is 2.35. The molecule has 1 aromatic carbocycles. The topological polar surface area (TPSA) is 72.3 Å². The van der Waals surface area contributed by atoms with Crippen LogP contribution >= 0.6 is 11.3 Å². The number of benzene rings is 1. The molecule has 1 unspecified atom stereocenters. The second-order valence-corrected chi connectivity index (χ2v) is 11.0. The molecule has 30 heavy (non-hydrogen) atoms. The Hall–Kier alpha value is -2.26. The summed E-state index contributed by atoms with van der Waals surface area (Å²) in [6, 6.07) is 7.89. The molecule has 2 aromatic heterocycles. The van der Waals surface area contributed by atoms with E-state index < -0.39 is 9.84 Å². The highest BCUT2D eigenvalue weighted by molar-refractivity contribution is 7.91. The summed E-state index contributed by atoms with van der Waals surface area (Å²) in [6.45, 7) is 4.91. The van der Waals surface area contributed by atoms with Gasteiger partial charge in [0.15, 0.2) is 9.84 Å². The minimum atomic E-state index is -3.07. The maximum Gasteiger partial charge on any atom is 0.264 e. The van der Waals surface area contributed by atoms with Gasteiger partial charge < -0.3 is 4.90 Å². The van der Waals surface area contributed by atoms with Crippen molar-refractivity contribution in [3.8, 4) is 0 Å². The Morgan fingerprint density at radius 1 is 1.33 bits per heavy atom. The zero-order valence-electron chi connectivity index (χ0n) is 17.0. The van der Waals surface area contributed by atoms with Gasteiger partial charge in [0.2, 0.25) is 0 Å². The fourth-order valence-electron chi connectivity index (χ4n) is 3.94. The number of hydrogen-bond acceptors (Lipinski definition) is 5. The van der Waals surface area contributed by atoms with Gasteiger partial charge in [0, 0.05) is 18.0 Å². The lowest BCUT2D eigenvalue weighted by atomic mass is 10.2. The minimum Gasteiger partial charge on any atom is -0.334 e. The van der Waals surface area contributed by atoms with Crippen molar-refractivity contribution in [1.82, 2.24) is 14.7 Å². The third-order valence-corrected chi connectivity index (χ3v) is 8.33. The summed E-state index contributed by atoms with van der Waals surface area (Å²) in [5, 5.41) is 5.49. The molecule has 1 amide bonds. The Balaban J connectivity index is 1.63. The second kappa shape index (κ2) is 8.11. The first-order chi connectivity index (χ1) is 14.3. The molecular weight excluding hydrogens is 425 g/mol. The Bertz CT molecular complexity index is 1180. The van der Waals surface area contributed by atoms with Gasteiger partial charge in [-0.1, -0.05) is 19.1 Å². The standard InChI is InChI=1S/C21H24FN3O3S2/c1-3-9-24(17-8-10-30(27,28)13-17)20(26)19-11-18-14(2)23-25(21(18)29-19)12-15-4-6-16(22)7-5-15/h4-7,11,17H,3,8-10,12-13H2,1-2H3. The molecule has 1 saturated heterocycles. The normalized spacial score (nSPS) is 18.2. The lowest BCUT2D eigenvalue weighted by Gasteiger charge is -2.27. The fraction of sp³-hybridized carbons (Fsp3) is 0.429. The van der Waals surface area contributed by atoms with Gasteiger partial charge in [0.25, 0.3) is 5.91 Å². The predicted octanol–water partition coefficient (Wildman–Crippen LogP) is 3.63. The van der Waals surface area contributed by atoms with E-state index in [1.165, 1.54) is 23.5 Å². The van der Waals surface area contributed by atoms with E-state index in [1.807, 2.05) is 24.6 Å². The summed E-state index contributed by atoms with van der Waals surface area (Å²) in [7, 11) is -3.07. The Labute approximate surface area is 179 Å². The van der Waals surface area contributed by atoms with E-state index in [0.29, 0.717) is 24.4 Å². The number of sulfone groups is 1. The van der Waals surface area contributed by atoms with Crippen LogP contribution in [0.3, 0.4) is 0 Å². The van der Waals surface area contributed by atoms with E-state index in [0.717, 1.165) is 27.9 Å². The quantitative estimate of drug-likeness (QED) is 0.576. The van der Waals surface area contributed by atoms with Crippen molar-refractivity contribution < 1.29 is 17.6 Å². The van der Waals surface area contributed by atoms with Gasteiger partial charge in [0.1, 0.15) is 10.6 Å². The molecule has 1 atom stereocenters. The van der Waals surface area contributed by atoms with Crippen molar-refractivity contribution in [1.29, 1.82) is 0 Å². The molecule has 160 valence electrons. The SMILES string of the molecule is CCCN(C(=O)c1cc2c(C)nn(Cc3ccc(F)cc3)c2s1)C1CCS(=O)(=O)C1. The van der Waals surface area contributed by atoms with Crippen LogP contribution in [0.25, 0.3) is 10.2 Å². The molecule has 6 nitrogen and oxygen atoms in total. The van der Waals surface area contributed by atoms with E-state index >= 15 is 0 Å². The summed E-state index contributed by atoms with van der Waals surface area (Å²) in [6.07, 6.45) is 1.26. The van der Waals surface area contributed by atoms with Gasteiger partial charge in [-0.3, -0.25) is 9.48 Å². The molecule has 3 aromatic rings. The fourth-order valence-corrected chi connectivity index (χ4v) is 6.79. The van der Waals surface area contributed by atoms with Gasteiger partial charge >= 0.3 is 0 Å². The van der Waals surface area contributed by atoms with Gasteiger partial charge in [-0.2, -0.15) is 5.10 Å². The average molecular weight is 450 g/mol. The minimum absolute atomic E-state index is 0.0427. The smallest absolute Gasteiger partial charge is 0.264 e. The van der Waals surface area contributed by atoms with E-state index in [2.05, 4.69) is 5.10 Å². The van der Waals surface area contributed by atoms with Gasteiger partial charge in [0.05, 0.1) is 28.6 Å². The van der Waals surface area contributed by atoms with Crippen LogP contribution in [-0.4, -0.2) is 53.1 Å². The summed E-state index contributed by atoms with van der Waals surface area (Å²) in [5.41, 5.74) is 1.75. The van der Waals surface area contributed by atoms with E-state index in [9.17, 15) is 17.6 Å². The third kappa shape index (κ3) is 4.13.